The van der Waals surface area contributed by atoms with Gasteiger partial charge in [-0.25, -0.2) is 4.52 Å². The smallest absolute Gasteiger partial charge is 0.257 e. The van der Waals surface area contributed by atoms with Crippen molar-refractivity contribution in [3.8, 4) is 0 Å². The molecule has 0 spiro atoms. The second-order valence-corrected chi connectivity index (χ2v) is 4.89. The largest absolute Gasteiger partial charge is 0.339 e. The second kappa shape index (κ2) is 4.96. The van der Waals surface area contributed by atoms with Gasteiger partial charge < -0.3 is 9.80 Å². The molecule has 0 unspecified atom stereocenters. The van der Waals surface area contributed by atoms with Gasteiger partial charge in [0.2, 0.25) is 5.91 Å². The first-order chi connectivity index (χ1) is 9.66. The molecule has 3 heterocycles. The Labute approximate surface area is 116 Å². The average molecular weight is 272 g/mol. The number of rotatable bonds is 1. The van der Waals surface area contributed by atoms with Crippen molar-refractivity contribution in [2.24, 2.45) is 0 Å². The molecular weight excluding hydrogens is 256 g/mol. The first-order valence-corrected chi connectivity index (χ1v) is 6.64. The van der Waals surface area contributed by atoms with Gasteiger partial charge >= 0.3 is 0 Å². The monoisotopic (exact) mass is 272 g/mol. The number of carbonyl (C=O) groups is 2. The van der Waals surface area contributed by atoms with E-state index >= 15 is 0 Å². The van der Waals surface area contributed by atoms with Crippen molar-refractivity contribution >= 4 is 17.3 Å². The summed E-state index contributed by atoms with van der Waals surface area (Å²) in [6, 6.07) is 5.65. The Bertz CT molecular complexity index is 656. The Morgan fingerprint density at radius 3 is 2.50 bits per heavy atom. The number of aromatic nitrogens is 2. The molecule has 0 atom stereocenters. The number of nitrogens with zero attached hydrogens (tertiary/aromatic N) is 4. The highest BCUT2D eigenvalue weighted by molar-refractivity contribution is 6.00. The van der Waals surface area contributed by atoms with Crippen LogP contribution in [0.3, 0.4) is 0 Å². The fourth-order valence-corrected chi connectivity index (χ4v) is 2.49. The Hall–Kier alpha value is -2.37. The number of hydrogen-bond acceptors (Lipinski definition) is 3. The summed E-state index contributed by atoms with van der Waals surface area (Å²) in [4.78, 5) is 27.4. The van der Waals surface area contributed by atoms with Gasteiger partial charge in [-0.2, -0.15) is 5.10 Å². The molecule has 1 aliphatic heterocycles. The van der Waals surface area contributed by atoms with Crippen molar-refractivity contribution in [2.45, 2.75) is 6.92 Å². The van der Waals surface area contributed by atoms with Crippen molar-refractivity contribution in [1.29, 1.82) is 0 Å². The number of carbonyl (C=O) groups excluding carboxylic acids is 2. The third kappa shape index (κ3) is 2.13. The third-order valence-electron chi connectivity index (χ3n) is 3.67. The summed E-state index contributed by atoms with van der Waals surface area (Å²) in [6.45, 7) is 3.90. The van der Waals surface area contributed by atoms with Gasteiger partial charge in [-0.05, 0) is 12.1 Å². The maximum absolute atomic E-state index is 12.5. The van der Waals surface area contributed by atoms with Crippen LogP contribution >= 0.6 is 0 Å². The van der Waals surface area contributed by atoms with E-state index in [4.69, 9.17) is 0 Å². The van der Waals surface area contributed by atoms with Gasteiger partial charge in [0.15, 0.2) is 0 Å². The molecule has 0 radical (unpaired) electrons. The van der Waals surface area contributed by atoms with Crippen LogP contribution in [0, 0.1) is 0 Å². The zero-order valence-electron chi connectivity index (χ0n) is 11.3. The molecule has 2 aromatic rings. The Morgan fingerprint density at radius 1 is 1.10 bits per heavy atom. The first kappa shape index (κ1) is 12.7. The average Bonchev–Trinajstić information content (AvgIpc) is 2.90. The van der Waals surface area contributed by atoms with Gasteiger partial charge in [0.05, 0.1) is 17.3 Å². The minimum absolute atomic E-state index is 0.0191. The molecule has 2 aromatic heterocycles. The number of piperazine rings is 1. The first-order valence-electron chi connectivity index (χ1n) is 6.64. The normalized spacial score (nSPS) is 15.7. The van der Waals surface area contributed by atoms with Crippen LogP contribution in [0.15, 0.2) is 30.6 Å². The van der Waals surface area contributed by atoms with Gasteiger partial charge in [0.25, 0.3) is 5.91 Å². The highest BCUT2D eigenvalue weighted by Crippen LogP contribution is 2.14. The van der Waals surface area contributed by atoms with Crippen LogP contribution in [-0.4, -0.2) is 57.4 Å². The van der Waals surface area contributed by atoms with Gasteiger partial charge in [-0.1, -0.05) is 6.07 Å². The highest BCUT2D eigenvalue weighted by Gasteiger charge is 2.25. The molecule has 104 valence electrons. The van der Waals surface area contributed by atoms with Gasteiger partial charge in [-0.3, -0.25) is 9.59 Å². The lowest BCUT2D eigenvalue weighted by Gasteiger charge is -2.34. The molecule has 6 heteroatoms. The van der Waals surface area contributed by atoms with Crippen molar-refractivity contribution in [3.05, 3.63) is 36.2 Å². The quantitative estimate of drug-likeness (QED) is 0.765. The lowest BCUT2D eigenvalue weighted by Crippen LogP contribution is -2.50. The minimum atomic E-state index is -0.0191. The Balaban J connectivity index is 1.78. The van der Waals surface area contributed by atoms with Gasteiger partial charge in [-0.15, -0.1) is 0 Å². The van der Waals surface area contributed by atoms with Crippen LogP contribution in [0.4, 0.5) is 0 Å². The standard InChI is InChI=1S/C14H16N4O2/c1-11(19)16-6-8-17(9-7-16)14(20)12-10-15-18-5-3-2-4-13(12)18/h2-5,10H,6-9H2,1H3. The lowest BCUT2D eigenvalue weighted by molar-refractivity contribution is -0.130. The van der Waals surface area contributed by atoms with Crippen LogP contribution in [-0.2, 0) is 4.79 Å². The van der Waals surface area contributed by atoms with E-state index in [1.807, 2.05) is 24.4 Å². The van der Waals surface area contributed by atoms with Crippen LogP contribution in [0.1, 0.15) is 17.3 Å². The minimum Gasteiger partial charge on any atom is -0.339 e. The topological polar surface area (TPSA) is 57.9 Å². The van der Waals surface area contributed by atoms with E-state index in [1.54, 1.807) is 27.4 Å². The van der Waals surface area contributed by atoms with E-state index in [0.717, 1.165) is 5.52 Å². The molecule has 3 rings (SSSR count). The van der Waals surface area contributed by atoms with E-state index in [-0.39, 0.29) is 11.8 Å². The van der Waals surface area contributed by atoms with Crippen LogP contribution in [0.25, 0.3) is 5.52 Å². The molecule has 0 bridgehead atoms. The molecule has 0 N–H and O–H groups in total. The molecule has 20 heavy (non-hydrogen) atoms. The Kier molecular flexibility index (Phi) is 3.14. The van der Waals surface area contributed by atoms with Crippen molar-refractivity contribution in [3.63, 3.8) is 0 Å². The lowest BCUT2D eigenvalue weighted by atomic mass is 10.2. The molecular formula is C14H16N4O2. The molecule has 0 aliphatic carbocycles. The predicted octanol–water partition coefficient (Wildman–Crippen LogP) is 0.639. The van der Waals surface area contributed by atoms with Gasteiger partial charge in [0.1, 0.15) is 0 Å². The predicted molar refractivity (Wildman–Crippen MR) is 73.3 cm³/mol. The molecule has 6 nitrogen and oxygen atoms in total. The summed E-state index contributed by atoms with van der Waals surface area (Å²) in [5.41, 5.74) is 1.42. The van der Waals surface area contributed by atoms with Crippen molar-refractivity contribution in [1.82, 2.24) is 19.4 Å². The second-order valence-electron chi connectivity index (χ2n) is 4.89. The fourth-order valence-electron chi connectivity index (χ4n) is 2.49. The maximum atomic E-state index is 12.5. The number of hydrogen-bond donors (Lipinski definition) is 0. The third-order valence-corrected chi connectivity index (χ3v) is 3.67. The fraction of sp³-hybridized carbons (Fsp3) is 0.357. The zero-order chi connectivity index (χ0) is 14.1. The maximum Gasteiger partial charge on any atom is 0.257 e. The number of pyridine rings is 1. The molecule has 1 fully saturated rings. The molecule has 2 amide bonds. The summed E-state index contributed by atoms with van der Waals surface area (Å²) in [5, 5.41) is 4.18. The van der Waals surface area contributed by atoms with Crippen LogP contribution < -0.4 is 0 Å². The van der Waals surface area contributed by atoms with Gasteiger partial charge in [0, 0.05) is 39.3 Å². The molecule has 0 aromatic carbocycles. The molecule has 1 saturated heterocycles. The van der Waals surface area contributed by atoms with Crippen LogP contribution in [0.2, 0.25) is 0 Å². The molecule has 1 aliphatic rings. The van der Waals surface area contributed by atoms with Crippen molar-refractivity contribution in [2.75, 3.05) is 26.2 Å². The zero-order valence-corrected chi connectivity index (χ0v) is 11.3. The molecule has 0 saturated carbocycles. The SMILES string of the molecule is CC(=O)N1CCN(C(=O)c2cnn3ccccc23)CC1. The summed E-state index contributed by atoms with van der Waals surface area (Å²) in [6.07, 6.45) is 3.43. The Morgan fingerprint density at radius 2 is 1.80 bits per heavy atom. The van der Waals surface area contributed by atoms with E-state index in [1.165, 1.54) is 0 Å². The summed E-state index contributed by atoms with van der Waals surface area (Å²) < 4.78 is 1.69. The summed E-state index contributed by atoms with van der Waals surface area (Å²) in [7, 11) is 0. The van der Waals surface area contributed by atoms with E-state index in [9.17, 15) is 9.59 Å². The van der Waals surface area contributed by atoms with E-state index in [0.29, 0.717) is 31.7 Å². The summed E-state index contributed by atoms with van der Waals surface area (Å²) >= 11 is 0. The van der Waals surface area contributed by atoms with E-state index in [2.05, 4.69) is 5.10 Å². The summed E-state index contributed by atoms with van der Waals surface area (Å²) in [5.74, 6) is 0.0440. The van der Waals surface area contributed by atoms with Crippen molar-refractivity contribution < 1.29 is 9.59 Å². The number of amides is 2. The number of fused-ring (bicyclic) bond motifs is 1. The highest BCUT2D eigenvalue weighted by atomic mass is 16.2. The van der Waals surface area contributed by atoms with E-state index < -0.39 is 0 Å². The van der Waals surface area contributed by atoms with Crippen LogP contribution in [0.5, 0.6) is 0 Å².